The molecule has 1 aromatic heterocycles. The minimum Gasteiger partial charge on any atom is -0.393 e. The van der Waals surface area contributed by atoms with Gasteiger partial charge in [-0.25, -0.2) is 4.79 Å². The van der Waals surface area contributed by atoms with Crippen LogP contribution in [0, 0.1) is 5.92 Å². The van der Waals surface area contributed by atoms with E-state index >= 15 is 0 Å². The number of aliphatic hydroxyl groups is 1. The summed E-state index contributed by atoms with van der Waals surface area (Å²) in [4.78, 5) is 27.9. The van der Waals surface area contributed by atoms with Crippen LogP contribution in [0.4, 0.5) is 4.79 Å². The molecule has 2 aliphatic heterocycles. The Kier molecular flexibility index (Phi) is 5.27. The highest BCUT2D eigenvalue weighted by molar-refractivity contribution is 5.78. The minimum atomic E-state index is -0.291. The lowest BCUT2D eigenvalue weighted by Crippen LogP contribution is -2.45. The van der Waals surface area contributed by atoms with E-state index in [-0.39, 0.29) is 24.0 Å². The van der Waals surface area contributed by atoms with E-state index in [0.29, 0.717) is 52.1 Å². The zero-order valence-corrected chi connectivity index (χ0v) is 14.9. The Morgan fingerprint density at radius 2 is 1.96 bits per heavy atom. The summed E-state index contributed by atoms with van der Waals surface area (Å²) >= 11 is 0. The molecule has 0 saturated carbocycles. The van der Waals surface area contributed by atoms with Crippen LogP contribution in [0.15, 0.2) is 6.07 Å². The van der Waals surface area contributed by atoms with Gasteiger partial charge in [0.1, 0.15) is 0 Å². The maximum Gasteiger partial charge on any atom is 0.317 e. The van der Waals surface area contributed by atoms with Crippen LogP contribution in [-0.4, -0.2) is 62.4 Å². The molecule has 3 rings (SSSR count). The summed E-state index contributed by atoms with van der Waals surface area (Å²) in [5.74, 6) is 0.158. The number of piperidine rings is 1. The maximum atomic E-state index is 12.2. The zero-order chi connectivity index (χ0) is 18.0. The highest BCUT2D eigenvalue weighted by Gasteiger charge is 2.24. The van der Waals surface area contributed by atoms with Crippen LogP contribution in [0.3, 0.4) is 0 Å². The van der Waals surface area contributed by atoms with Crippen molar-refractivity contribution in [3.05, 3.63) is 17.5 Å². The summed E-state index contributed by atoms with van der Waals surface area (Å²) in [6.45, 7) is 7.29. The summed E-state index contributed by atoms with van der Waals surface area (Å²) in [5.41, 5.74) is 1.81. The van der Waals surface area contributed by atoms with Gasteiger partial charge in [0, 0.05) is 25.6 Å². The molecule has 8 nitrogen and oxygen atoms in total. The van der Waals surface area contributed by atoms with Gasteiger partial charge in [-0.15, -0.1) is 0 Å². The molecule has 0 aromatic carbocycles. The predicted octanol–water partition coefficient (Wildman–Crippen LogP) is 0.548. The number of nitrogens with zero attached hydrogens (tertiary/aromatic N) is 4. The number of nitrogens with one attached hydrogen (secondary N) is 1. The van der Waals surface area contributed by atoms with Gasteiger partial charge in [0.05, 0.1) is 37.1 Å². The van der Waals surface area contributed by atoms with Gasteiger partial charge >= 0.3 is 6.03 Å². The molecule has 0 unspecified atom stereocenters. The molecule has 2 N–H and O–H groups in total. The third-order valence-electron chi connectivity index (χ3n) is 4.83. The molecule has 3 amide bonds. The lowest BCUT2D eigenvalue weighted by atomic mass is 10.1. The third kappa shape index (κ3) is 4.12. The Balaban J connectivity index is 1.54. The average Bonchev–Trinajstić information content (AvgIpc) is 3.01. The fourth-order valence-electron chi connectivity index (χ4n) is 3.31. The number of carbonyl (C=O) groups excluding carboxylic acids is 2. The fraction of sp³-hybridized carbons (Fsp3) is 0.706. The van der Waals surface area contributed by atoms with Crippen LogP contribution in [-0.2, 0) is 24.4 Å². The molecule has 1 fully saturated rings. The largest absolute Gasteiger partial charge is 0.393 e. The molecule has 0 radical (unpaired) electrons. The van der Waals surface area contributed by atoms with Crippen molar-refractivity contribution in [3.63, 3.8) is 0 Å². The van der Waals surface area contributed by atoms with Crippen molar-refractivity contribution in [1.82, 2.24) is 24.9 Å². The first-order valence-corrected chi connectivity index (χ1v) is 8.99. The summed E-state index contributed by atoms with van der Waals surface area (Å²) in [6, 6.07) is 1.84. The van der Waals surface area contributed by atoms with Crippen LogP contribution >= 0.6 is 0 Å². The highest BCUT2D eigenvalue weighted by Crippen LogP contribution is 2.16. The van der Waals surface area contributed by atoms with Gasteiger partial charge in [-0.1, -0.05) is 13.8 Å². The van der Waals surface area contributed by atoms with Crippen molar-refractivity contribution in [3.8, 4) is 0 Å². The average molecular weight is 349 g/mol. The van der Waals surface area contributed by atoms with Gasteiger partial charge in [-0.05, 0) is 18.9 Å². The molecule has 0 aliphatic carbocycles. The SMILES string of the molecule is CC(C)C(=O)N1CCn2nc(CNC(=O)N3CCC(O)CC3)cc2C1. The molecule has 0 bridgehead atoms. The lowest BCUT2D eigenvalue weighted by Gasteiger charge is -2.29. The number of amides is 3. The van der Waals surface area contributed by atoms with Gasteiger partial charge in [-0.3, -0.25) is 9.48 Å². The Hall–Kier alpha value is -2.09. The summed E-state index contributed by atoms with van der Waals surface area (Å²) in [7, 11) is 0. The topological polar surface area (TPSA) is 90.7 Å². The Morgan fingerprint density at radius 1 is 1.24 bits per heavy atom. The van der Waals surface area contributed by atoms with E-state index in [9.17, 15) is 14.7 Å². The van der Waals surface area contributed by atoms with Gasteiger partial charge in [0.2, 0.25) is 5.91 Å². The number of rotatable bonds is 3. The monoisotopic (exact) mass is 349 g/mol. The van der Waals surface area contributed by atoms with Gasteiger partial charge in [0.25, 0.3) is 0 Å². The van der Waals surface area contributed by atoms with E-state index < -0.39 is 0 Å². The number of urea groups is 1. The summed E-state index contributed by atoms with van der Waals surface area (Å²) < 4.78 is 1.92. The smallest absolute Gasteiger partial charge is 0.317 e. The van der Waals surface area contributed by atoms with Crippen molar-refractivity contribution in [2.45, 2.75) is 52.4 Å². The first-order valence-electron chi connectivity index (χ1n) is 8.99. The molecule has 0 spiro atoms. The fourth-order valence-corrected chi connectivity index (χ4v) is 3.31. The van der Waals surface area contributed by atoms with Crippen LogP contribution in [0.5, 0.6) is 0 Å². The van der Waals surface area contributed by atoms with Crippen molar-refractivity contribution in [2.75, 3.05) is 19.6 Å². The van der Waals surface area contributed by atoms with E-state index in [1.165, 1.54) is 0 Å². The molecule has 3 heterocycles. The Labute approximate surface area is 147 Å². The summed E-state index contributed by atoms with van der Waals surface area (Å²) in [5, 5.41) is 16.9. The molecule has 1 saturated heterocycles. The van der Waals surface area contributed by atoms with Crippen LogP contribution in [0.1, 0.15) is 38.1 Å². The van der Waals surface area contributed by atoms with E-state index in [1.54, 1.807) is 4.90 Å². The second-order valence-electron chi connectivity index (χ2n) is 7.14. The highest BCUT2D eigenvalue weighted by atomic mass is 16.3. The number of likely N-dealkylation sites (tertiary alicyclic amines) is 1. The van der Waals surface area contributed by atoms with Crippen molar-refractivity contribution < 1.29 is 14.7 Å². The zero-order valence-electron chi connectivity index (χ0n) is 14.9. The van der Waals surface area contributed by atoms with Gasteiger partial charge in [0.15, 0.2) is 0 Å². The van der Waals surface area contributed by atoms with Gasteiger partial charge in [-0.2, -0.15) is 5.10 Å². The first-order chi connectivity index (χ1) is 11.9. The molecule has 2 aliphatic rings. The minimum absolute atomic E-state index is 0.00343. The Bertz CT molecular complexity index is 634. The standard InChI is InChI=1S/C17H27N5O3/c1-12(2)16(24)21-7-8-22-14(11-21)9-13(19-22)10-18-17(25)20-5-3-15(23)4-6-20/h9,12,15,23H,3-8,10-11H2,1-2H3,(H,18,25). The molecule has 25 heavy (non-hydrogen) atoms. The maximum absolute atomic E-state index is 12.2. The van der Waals surface area contributed by atoms with Crippen molar-refractivity contribution >= 4 is 11.9 Å². The molecule has 138 valence electrons. The first kappa shape index (κ1) is 17.7. The summed E-state index contributed by atoms with van der Waals surface area (Å²) in [6.07, 6.45) is 0.970. The lowest BCUT2D eigenvalue weighted by molar-refractivity contribution is -0.136. The molecule has 8 heteroatoms. The number of hydrogen-bond acceptors (Lipinski definition) is 4. The number of carbonyl (C=O) groups is 2. The normalized spacial score (nSPS) is 18.4. The molecular weight excluding hydrogens is 322 g/mol. The quantitative estimate of drug-likeness (QED) is 0.834. The molecule has 0 atom stereocenters. The number of aromatic nitrogens is 2. The van der Waals surface area contributed by atoms with Crippen molar-refractivity contribution in [1.29, 1.82) is 0 Å². The predicted molar refractivity (Wildman–Crippen MR) is 91.5 cm³/mol. The van der Waals surface area contributed by atoms with Gasteiger partial charge < -0.3 is 20.2 Å². The second kappa shape index (κ2) is 7.43. The van der Waals surface area contributed by atoms with Crippen molar-refractivity contribution in [2.24, 2.45) is 5.92 Å². The second-order valence-corrected chi connectivity index (χ2v) is 7.14. The van der Waals surface area contributed by atoms with Crippen LogP contribution < -0.4 is 5.32 Å². The van der Waals surface area contributed by atoms with Crippen LogP contribution in [0.2, 0.25) is 0 Å². The molecule has 1 aromatic rings. The van der Waals surface area contributed by atoms with E-state index in [0.717, 1.165) is 11.4 Å². The molecular formula is C17H27N5O3. The number of hydrogen-bond donors (Lipinski definition) is 2. The number of aliphatic hydroxyl groups excluding tert-OH is 1. The van der Waals surface area contributed by atoms with E-state index in [4.69, 9.17) is 0 Å². The Morgan fingerprint density at radius 3 is 2.64 bits per heavy atom. The van der Waals surface area contributed by atoms with Crippen LogP contribution in [0.25, 0.3) is 0 Å². The number of fused-ring (bicyclic) bond motifs is 1. The van der Waals surface area contributed by atoms with E-state index in [2.05, 4.69) is 10.4 Å². The van der Waals surface area contributed by atoms with E-state index in [1.807, 2.05) is 29.5 Å². The third-order valence-corrected chi connectivity index (χ3v) is 4.83.